The molecule has 136 valence electrons. The van der Waals surface area contributed by atoms with E-state index in [0.717, 1.165) is 23.2 Å². The summed E-state index contributed by atoms with van der Waals surface area (Å²) in [6, 6.07) is 15.7. The van der Waals surface area contributed by atoms with Crippen LogP contribution in [0.25, 0.3) is 0 Å². The lowest BCUT2D eigenvalue weighted by atomic mass is 10.0. The lowest BCUT2D eigenvalue weighted by Crippen LogP contribution is -2.32. The number of hydrogen-bond acceptors (Lipinski definition) is 4. The van der Waals surface area contributed by atoms with Crippen molar-refractivity contribution in [2.24, 2.45) is 0 Å². The van der Waals surface area contributed by atoms with Gasteiger partial charge in [0.15, 0.2) is 16.6 Å². The summed E-state index contributed by atoms with van der Waals surface area (Å²) in [6.45, 7) is 2.09. The quantitative estimate of drug-likeness (QED) is 0.713. The maximum atomic E-state index is 8.73. The Morgan fingerprint density at radius 2 is 1.81 bits per heavy atom. The number of benzene rings is 2. The summed E-state index contributed by atoms with van der Waals surface area (Å²) in [6.07, 6.45) is 1.26. The van der Waals surface area contributed by atoms with E-state index in [1.54, 1.807) is 14.2 Å². The zero-order valence-corrected chi connectivity index (χ0v) is 16.0. The molecule has 0 radical (unpaired) electrons. The molecule has 0 unspecified atom stereocenters. The number of nitriles is 1. The highest BCUT2D eigenvalue weighted by molar-refractivity contribution is 7.80. The first-order valence-corrected chi connectivity index (χ1v) is 8.77. The minimum absolute atomic E-state index is 0.0488. The van der Waals surface area contributed by atoms with Gasteiger partial charge in [-0.25, -0.2) is 0 Å². The fraction of sp³-hybridized carbons (Fsp3) is 0.300. The molecule has 2 aromatic rings. The summed E-state index contributed by atoms with van der Waals surface area (Å²) in [4.78, 5) is 0. The van der Waals surface area contributed by atoms with E-state index in [1.807, 2.05) is 42.5 Å². The van der Waals surface area contributed by atoms with Gasteiger partial charge in [-0.2, -0.15) is 5.26 Å². The van der Waals surface area contributed by atoms with Gasteiger partial charge in [0.2, 0.25) is 0 Å². The first-order chi connectivity index (χ1) is 12.6. The fourth-order valence-corrected chi connectivity index (χ4v) is 2.87. The Labute approximate surface area is 159 Å². The van der Waals surface area contributed by atoms with Crippen molar-refractivity contribution in [1.29, 1.82) is 5.26 Å². The third-order valence-electron chi connectivity index (χ3n) is 4.02. The molecule has 0 fully saturated rings. The first-order valence-electron chi connectivity index (χ1n) is 8.36. The average molecular weight is 369 g/mol. The van der Waals surface area contributed by atoms with Crippen LogP contribution in [0.1, 0.15) is 30.5 Å². The molecule has 0 saturated carbocycles. The molecule has 0 amide bonds. The molecule has 0 heterocycles. The van der Waals surface area contributed by atoms with Gasteiger partial charge in [-0.05, 0) is 54.0 Å². The molecule has 2 N–H and O–H groups in total. The van der Waals surface area contributed by atoms with Crippen LogP contribution in [0.4, 0.5) is 5.69 Å². The van der Waals surface area contributed by atoms with Crippen molar-refractivity contribution in [1.82, 2.24) is 5.32 Å². The number of ether oxygens (including phenoxy) is 2. The number of rotatable bonds is 7. The monoisotopic (exact) mass is 369 g/mol. The molecule has 0 aliphatic carbocycles. The Morgan fingerprint density at radius 1 is 1.12 bits per heavy atom. The van der Waals surface area contributed by atoms with E-state index in [0.29, 0.717) is 23.0 Å². The van der Waals surface area contributed by atoms with Crippen LogP contribution in [0.5, 0.6) is 11.5 Å². The van der Waals surface area contributed by atoms with Gasteiger partial charge >= 0.3 is 0 Å². The van der Waals surface area contributed by atoms with Gasteiger partial charge in [0, 0.05) is 5.69 Å². The molecule has 0 aliphatic heterocycles. The van der Waals surface area contributed by atoms with Crippen molar-refractivity contribution < 1.29 is 9.47 Å². The zero-order valence-electron chi connectivity index (χ0n) is 15.2. The van der Waals surface area contributed by atoms with Crippen molar-refractivity contribution in [2.45, 2.75) is 25.8 Å². The maximum Gasteiger partial charge on any atom is 0.171 e. The number of thiocarbonyl (C=S) groups is 1. The Bertz CT molecular complexity index is 785. The van der Waals surface area contributed by atoms with Crippen LogP contribution in [0.3, 0.4) is 0 Å². The van der Waals surface area contributed by atoms with Crippen molar-refractivity contribution in [3.05, 3.63) is 53.6 Å². The van der Waals surface area contributed by atoms with Crippen LogP contribution < -0.4 is 20.1 Å². The minimum atomic E-state index is 0.0488. The molecule has 0 spiro atoms. The van der Waals surface area contributed by atoms with E-state index in [1.165, 1.54) is 0 Å². The number of hydrogen-bond donors (Lipinski definition) is 2. The lowest BCUT2D eigenvalue weighted by Gasteiger charge is -2.21. The summed E-state index contributed by atoms with van der Waals surface area (Å²) in [7, 11) is 3.24. The number of anilines is 1. The van der Waals surface area contributed by atoms with E-state index in [2.05, 4.69) is 23.6 Å². The summed E-state index contributed by atoms with van der Waals surface area (Å²) in [5, 5.41) is 15.8. The molecule has 2 rings (SSSR count). The normalized spacial score (nSPS) is 11.2. The van der Waals surface area contributed by atoms with Crippen molar-refractivity contribution in [2.75, 3.05) is 19.5 Å². The third kappa shape index (κ3) is 5.11. The van der Waals surface area contributed by atoms with Crippen LogP contribution >= 0.6 is 12.2 Å². The van der Waals surface area contributed by atoms with Gasteiger partial charge in [0.05, 0.1) is 32.8 Å². The predicted molar refractivity (Wildman–Crippen MR) is 108 cm³/mol. The molecule has 0 bridgehead atoms. The molecule has 26 heavy (non-hydrogen) atoms. The molecular weight excluding hydrogens is 346 g/mol. The molecule has 0 aromatic heterocycles. The van der Waals surface area contributed by atoms with Crippen molar-refractivity contribution >= 4 is 23.0 Å². The summed E-state index contributed by atoms with van der Waals surface area (Å²) in [5.74, 6) is 1.39. The van der Waals surface area contributed by atoms with Gasteiger partial charge in [0.25, 0.3) is 0 Å². The largest absolute Gasteiger partial charge is 0.493 e. The van der Waals surface area contributed by atoms with Gasteiger partial charge in [-0.1, -0.05) is 25.1 Å². The number of nitrogens with one attached hydrogen (secondary N) is 2. The minimum Gasteiger partial charge on any atom is -0.493 e. The second kappa shape index (κ2) is 9.64. The Kier molecular flexibility index (Phi) is 7.24. The third-order valence-corrected chi connectivity index (χ3v) is 4.24. The standard InChI is InChI=1S/C20H23N3O2S/c1-4-17(15-7-10-18(24-2)19(13-15)25-3)23-20(26)22-16-8-5-14(6-9-16)11-12-21/h5-10,13,17H,4,11H2,1-3H3,(H2,22,23,26)/t17-/m1/s1. The molecule has 2 aromatic carbocycles. The van der Waals surface area contributed by atoms with Crippen LogP contribution in [-0.4, -0.2) is 19.3 Å². The molecule has 1 atom stereocenters. The number of methoxy groups -OCH3 is 2. The highest BCUT2D eigenvalue weighted by Gasteiger charge is 2.14. The summed E-state index contributed by atoms with van der Waals surface area (Å²) in [5.41, 5.74) is 2.93. The molecule has 6 heteroatoms. The van der Waals surface area contributed by atoms with E-state index >= 15 is 0 Å². The second-order valence-corrected chi connectivity index (χ2v) is 6.11. The number of nitrogens with zero attached hydrogens (tertiary/aromatic N) is 1. The van der Waals surface area contributed by atoms with Crippen LogP contribution in [0.15, 0.2) is 42.5 Å². The highest BCUT2D eigenvalue weighted by atomic mass is 32.1. The van der Waals surface area contributed by atoms with Gasteiger partial charge in [-0.15, -0.1) is 0 Å². The van der Waals surface area contributed by atoms with E-state index in [-0.39, 0.29) is 6.04 Å². The van der Waals surface area contributed by atoms with Gasteiger partial charge < -0.3 is 20.1 Å². The van der Waals surface area contributed by atoms with Gasteiger partial charge in [-0.3, -0.25) is 0 Å². The van der Waals surface area contributed by atoms with Crippen LogP contribution in [0.2, 0.25) is 0 Å². The Hall–Kier alpha value is -2.78. The van der Waals surface area contributed by atoms with Crippen LogP contribution in [0, 0.1) is 11.3 Å². The second-order valence-electron chi connectivity index (χ2n) is 5.71. The molecule has 5 nitrogen and oxygen atoms in total. The van der Waals surface area contributed by atoms with Gasteiger partial charge in [0.1, 0.15) is 0 Å². The van der Waals surface area contributed by atoms with Crippen LogP contribution in [-0.2, 0) is 6.42 Å². The Balaban J connectivity index is 2.05. The lowest BCUT2D eigenvalue weighted by molar-refractivity contribution is 0.354. The summed E-state index contributed by atoms with van der Waals surface area (Å²) < 4.78 is 10.7. The average Bonchev–Trinajstić information content (AvgIpc) is 2.67. The first kappa shape index (κ1) is 19.5. The SMILES string of the molecule is CC[C@@H](NC(=S)Nc1ccc(CC#N)cc1)c1ccc(OC)c(OC)c1. The summed E-state index contributed by atoms with van der Waals surface area (Å²) >= 11 is 5.44. The topological polar surface area (TPSA) is 66.3 Å². The zero-order chi connectivity index (χ0) is 18.9. The predicted octanol–water partition coefficient (Wildman–Crippen LogP) is 4.21. The van der Waals surface area contributed by atoms with Crippen molar-refractivity contribution in [3.63, 3.8) is 0 Å². The Morgan fingerprint density at radius 3 is 2.38 bits per heavy atom. The smallest absolute Gasteiger partial charge is 0.171 e. The molecule has 0 aliphatic rings. The highest BCUT2D eigenvalue weighted by Crippen LogP contribution is 2.30. The maximum absolute atomic E-state index is 8.73. The molecular formula is C20H23N3O2S. The van der Waals surface area contributed by atoms with E-state index in [9.17, 15) is 0 Å². The van der Waals surface area contributed by atoms with E-state index < -0.39 is 0 Å². The van der Waals surface area contributed by atoms with E-state index in [4.69, 9.17) is 27.0 Å². The fourth-order valence-electron chi connectivity index (χ4n) is 2.61. The molecule has 0 saturated heterocycles. The van der Waals surface area contributed by atoms with Crippen molar-refractivity contribution in [3.8, 4) is 17.6 Å².